The molecule has 2 unspecified atom stereocenters. The Morgan fingerprint density at radius 1 is 1.48 bits per heavy atom. The normalized spacial score (nSPS) is 20.3. The zero-order valence-electron chi connectivity index (χ0n) is 11.5. The van der Waals surface area contributed by atoms with Gasteiger partial charge in [-0.25, -0.2) is 0 Å². The van der Waals surface area contributed by atoms with Crippen LogP contribution in [0.4, 0.5) is 18.9 Å². The van der Waals surface area contributed by atoms with Crippen LogP contribution in [-0.4, -0.2) is 23.7 Å². The van der Waals surface area contributed by atoms with E-state index in [1.807, 2.05) is 6.92 Å². The molecule has 0 amide bonds. The molecule has 1 heterocycles. The topological polar surface area (TPSA) is 47.3 Å². The lowest BCUT2D eigenvalue weighted by Crippen LogP contribution is -2.30. The predicted molar refractivity (Wildman–Crippen MR) is 79.4 cm³/mol. The van der Waals surface area contributed by atoms with Crippen LogP contribution in [0.3, 0.4) is 0 Å². The van der Waals surface area contributed by atoms with Crippen LogP contribution in [0.1, 0.15) is 30.9 Å². The fourth-order valence-corrected chi connectivity index (χ4v) is 2.61. The van der Waals surface area contributed by atoms with Gasteiger partial charge in [-0.15, -0.1) is 0 Å². The summed E-state index contributed by atoms with van der Waals surface area (Å²) in [5.41, 5.74) is 4.75. The number of rotatable bonds is 4. The Balaban J connectivity index is 2.23. The molecule has 7 heteroatoms. The first-order valence-corrected chi connectivity index (χ1v) is 7.09. The number of ether oxygens (including phenoxy) is 1. The molecule has 2 rings (SSSR count). The molecule has 3 N–H and O–H groups in total. The molecule has 1 aliphatic heterocycles. The van der Waals surface area contributed by atoms with Crippen molar-refractivity contribution >= 4 is 22.9 Å². The Hall–Kier alpha value is -1.34. The minimum atomic E-state index is -4.50. The van der Waals surface area contributed by atoms with Gasteiger partial charge in [0, 0.05) is 23.9 Å². The average Bonchev–Trinajstić information content (AvgIpc) is 2.91. The maximum Gasteiger partial charge on any atom is 0.417 e. The Morgan fingerprint density at radius 2 is 2.19 bits per heavy atom. The monoisotopic (exact) mass is 318 g/mol. The summed E-state index contributed by atoms with van der Waals surface area (Å²) in [6.07, 6.45) is -2.59. The number of thiocarbonyl (C=S) groups is 1. The Bertz CT molecular complexity index is 527. The summed E-state index contributed by atoms with van der Waals surface area (Å²) in [4.78, 5) is -0.263. The van der Waals surface area contributed by atoms with Crippen molar-refractivity contribution in [3.63, 3.8) is 0 Å². The fraction of sp³-hybridized carbons (Fsp3) is 0.500. The van der Waals surface area contributed by atoms with Gasteiger partial charge in [-0.3, -0.25) is 0 Å². The smallest absolute Gasteiger partial charge is 0.389 e. The van der Waals surface area contributed by atoms with E-state index < -0.39 is 11.7 Å². The van der Waals surface area contributed by atoms with E-state index in [2.05, 4.69) is 17.5 Å². The standard InChI is InChI=1S/C14H17F3N2OS/c1-8(12-3-2-6-20-12)19-9-4-5-10(13(18)21)11(7-9)14(15,16)17/h4-5,7-8,12,19H,2-3,6H2,1H3,(H2,18,21). The first-order valence-electron chi connectivity index (χ1n) is 6.68. The molecule has 0 spiro atoms. The molecule has 1 aliphatic rings. The van der Waals surface area contributed by atoms with Crippen molar-refractivity contribution in [2.24, 2.45) is 5.73 Å². The third-order valence-electron chi connectivity index (χ3n) is 3.51. The number of alkyl halides is 3. The second-order valence-electron chi connectivity index (χ2n) is 5.11. The predicted octanol–water partition coefficient (Wildman–Crippen LogP) is 3.32. The van der Waals surface area contributed by atoms with Crippen LogP contribution >= 0.6 is 12.2 Å². The van der Waals surface area contributed by atoms with Crippen molar-refractivity contribution in [2.75, 3.05) is 11.9 Å². The van der Waals surface area contributed by atoms with E-state index in [1.54, 1.807) is 6.07 Å². The van der Waals surface area contributed by atoms with Crippen LogP contribution in [0.15, 0.2) is 18.2 Å². The molecular weight excluding hydrogens is 301 g/mol. The highest BCUT2D eigenvalue weighted by atomic mass is 32.1. The first kappa shape index (κ1) is 16.0. The molecule has 0 bridgehead atoms. The largest absolute Gasteiger partial charge is 0.417 e. The van der Waals surface area contributed by atoms with Crippen molar-refractivity contribution in [3.8, 4) is 0 Å². The number of nitrogens with one attached hydrogen (secondary N) is 1. The summed E-state index contributed by atoms with van der Waals surface area (Å²) in [6.45, 7) is 2.59. The van der Waals surface area contributed by atoms with Gasteiger partial charge in [-0.2, -0.15) is 13.2 Å². The summed E-state index contributed by atoms with van der Waals surface area (Å²) >= 11 is 4.67. The second kappa shape index (κ2) is 6.19. The third-order valence-corrected chi connectivity index (χ3v) is 3.73. The zero-order valence-corrected chi connectivity index (χ0v) is 12.4. The van der Waals surface area contributed by atoms with Crippen LogP contribution in [-0.2, 0) is 10.9 Å². The van der Waals surface area contributed by atoms with Crippen LogP contribution in [0.5, 0.6) is 0 Å². The van der Waals surface area contributed by atoms with Crippen LogP contribution in [0, 0.1) is 0 Å². The molecule has 21 heavy (non-hydrogen) atoms. The van der Waals surface area contributed by atoms with E-state index in [1.165, 1.54) is 6.07 Å². The highest BCUT2D eigenvalue weighted by molar-refractivity contribution is 7.80. The summed E-state index contributed by atoms with van der Waals surface area (Å²) in [7, 11) is 0. The van der Waals surface area contributed by atoms with Crippen LogP contribution in [0.2, 0.25) is 0 Å². The van der Waals surface area contributed by atoms with Crippen molar-refractivity contribution in [1.82, 2.24) is 0 Å². The van der Waals surface area contributed by atoms with Crippen LogP contribution in [0.25, 0.3) is 0 Å². The van der Waals surface area contributed by atoms with Gasteiger partial charge in [0.1, 0.15) is 4.99 Å². The molecule has 1 fully saturated rings. The van der Waals surface area contributed by atoms with Crippen molar-refractivity contribution < 1.29 is 17.9 Å². The quantitative estimate of drug-likeness (QED) is 0.836. The maximum atomic E-state index is 13.1. The highest BCUT2D eigenvalue weighted by Gasteiger charge is 2.34. The van der Waals surface area contributed by atoms with E-state index >= 15 is 0 Å². The molecule has 1 saturated heterocycles. The third kappa shape index (κ3) is 3.85. The SMILES string of the molecule is CC(Nc1ccc(C(N)=S)c(C(F)(F)F)c1)C1CCCO1. The van der Waals surface area contributed by atoms with E-state index in [9.17, 15) is 13.2 Å². The molecule has 1 aromatic rings. The lowest BCUT2D eigenvalue weighted by atomic mass is 10.0. The van der Waals surface area contributed by atoms with Gasteiger partial charge in [0.05, 0.1) is 11.7 Å². The number of nitrogens with two attached hydrogens (primary N) is 1. The molecule has 2 atom stereocenters. The molecule has 1 aromatic carbocycles. The number of hydrogen-bond donors (Lipinski definition) is 2. The lowest BCUT2D eigenvalue weighted by molar-refractivity contribution is -0.137. The van der Waals surface area contributed by atoms with E-state index in [4.69, 9.17) is 10.5 Å². The van der Waals surface area contributed by atoms with Crippen molar-refractivity contribution in [3.05, 3.63) is 29.3 Å². The van der Waals surface area contributed by atoms with Gasteiger partial charge in [-0.05, 0) is 38.0 Å². The molecule has 3 nitrogen and oxygen atoms in total. The van der Waals surface area contributed by atoms with Gasteiger partial charge in [0.25, 0.3) is 0 Å². The molecular formula is C14H17F3N2OS. The minimum Gasteiger partial charge on any atom is -0.389 e. The minimum absolute atomic E-state index is 0.0228. The number of halogens is 3. The van der Waals surface area contributed by atoms with Crippen LogP contribution < -0.4 is 11.1 Å². The fourth-order valence-electron chi connectivity index (χ4n) is 2.44. The van der Waals surface area contributed by atoms with E-state index in [0.29, 0.717) is 12.3 Å². The Labute approximate surface area is 126 Å². The van der Waals surface area contributed by atoms with E-state index in [0.717, 1.165) is 18.9 Å². The molecule has 0 aromatic heterocycles. The van der Waals surface area contributed by atoms with Gasteiger partial charge in [0.15, 0.2) is 0 Å². The summed E-state index contributed by atoms with van der Waals surface area (Å²) < 4.78 is 44.7. The second-order valence-corrected chi connectivity index (χ2v) is 5.55. The number of anilines is 1. The summed E-state index contributed by atoms with van der Waals surface area (Å²) in [5.74, 6) is 0. The average molecular weight is 318 g/mol. The lowest BCUT2D eigenvalue weighted by Gasteiger charge is -2.22. The van der Waals surface area contributed by atoms with Gasteiger partial charge in [-0.1, -0.05) is 12.2 Å². The van der Waals surface area contributed by atoms with Crippen molar-refractivity contribution in [1.29, 1.82) is 0 Å². The molecule has 0 saturated carbocycles. The summed E-state index contributed by atoms with van der Waals surface area (Å²) in [6, 6.07) is 3.83. The molecule has 0 radical (unpaired) electrons. The first-order chi connectivity index (χ1) is 9.79. The van der Waals surface area contributed by atoms with Gasteiger partial charge in [0.2, 0.25) is 0 Å². The number of benzene rings is 1. The molecule has 0 aliphatic carbocycles. The summed E-state index contributed by atoms with van der Waals surface area (Å²) in [5, 5.41) is 3.05. The van der Waals surface area contributed by atoms with Gasteiger partial charge < -0.3 is 15.8 Å². The Morgan fingerprint density at radius 3 is 2.71 bits per heavy atom. The van der Waals surface area contributed by atoms with Crippen molar-refractivity contribution in [2.45, 2.75) is 38.1 Å². The highest BCUT2D eigenvalue weighted by Crippen LogP contribution is 2.34. The number of hydrogen-bond acceptors (Lipinski definition) is 3. The Kier molecular flexibility index (Phi) is 4.73. The molecule has 116 valence electrons. The van der Waals surface area contributed by atoms with Gasteiger partial charge >= 0.3 is 6.18 Å². The zero-order chi connectivity index (χ0) is 15.6. The van der Waals surface area contributed by atoms with E-state index in [-0.39, 0.29) is 22.7 Å². The maximum absolute atomic E-state index is 13.1.